The van der Waals surface area contributed by atoms with Crippen molar-refractivity contribution < 1.29 is 13.2 Å². The van der Waals surface area contributed by atoms with E-state index in [1.807, 2.05) is 18.4 Å². The lowest BCUT2D eigenvalue weighted by Gasteiger charge is -2.14. The number of nitrogens with zero attached hydrogens (tertiary/aromatic N) is 1. The van der Waals surface area contributed by atoms with Gasteiger partial charge in [0.05, 0.1) is 17.2 Å². The van der Waals surface area contributed by atoms with Crippen molar-refractivity contribution in [3.8, 4) is 0 Å². The van der Waals surface area contributed by atoms with Crippen molar-refractivity contribution in [2.24, 2.45) is 5.92 Å². The zero-order valence-corrected chi connectivity index (χ0v) is 12.6. The molecule has 3 N–H and O–H groups in total. The van der Waals surface area contributed by atoms with Gasteiger partial charge in [-0.05, 0) is 32.3 Å². The predicted molar refractivity (Wildman–Crippen MR) is 78.3 cm³/mol. The summed E-state index contributed by atoms with van der Waals surface area (Å²) in [5, 5.41) is 2.81. The highest BCUT2D eigenvalue weighted by Crippen LogP contribution is 2.19. The lowest BCUT2D eigenvalue weighted by molar-refractivity contribution is 0.0937. The van der Waals surface area contributed by atoms with E-state index in [2.05, 4.69) is 5.32 Å². The molecule has 0 spiro atoms. The van der Waals surface area contributed by atoms with Crippen LogP contribution < -0.4 is 11.1 Å². The van der Waals surface area contributed by atoms with Gasteiger partial charge in [-0.1, -0.05) is 0 Å². The first kappa shape index (κ1) is 14.9. The third kappa shape index (κ3) is 3.33. The summed E-state index contributed by atoms with van der Waals surface area (Å²) in [6, 6.07) is 1.78. The summed E-state index contributed by atoms with van der Waals surface area (Å²) in [5.41, 5.74) is 6.79. The summed E-state index contributed by atoms with van der Waals surface area (Å²) in [4.78, 5) is 12.2. The van der Waals surface area contributed by atoms with Gasteiger partial charge < -0.3 is 15.6 Å². The third-order valence-electron chi connectivity index (χ3n) is 3.54. The number of carbonyl (C=O) groups excluding carboxylic acids is 1. The second kappa shape index (κ2) is 5.47. The molecule has 1 aliphatic heterocycles. The molecule has 0 saturated carbocycles. The van der Waals surface area contributed by atoms with Crippen LogP contribution in [-0.4, -0.2) is 36.9 Å². The fourth-order valence-electron chi connectivity index (χ4n) is 2.47. The fourth-order valence-corrected chi connectivity index (χ4v) is 4.33. The zero-order chi connectivity index (χ0) is 14.9. The van der Waals surface area contributed by atoms with Gasteiger partial charge in [0, 0.05) is 18.8 Å². The van der Waals surface area contributed by atoms with E-state index in [-0.39, 0.29) is 29.4 Å². The van der Waals surface area contributed by atoms with Crippen molar-refractivity contribution in [1.82, 2.24) is 9.88 Å². The summed E-state index contributed by atoms with van der Waals surface area (Å²) in [7, 11) is -2.90. The first-order valence-electron chi connectivity index (χ1n) is 6.74. The van der Waals surface area contributed by atoms with Crippen molar-refractivity contribution in [3.05, 3.63) is 18.0 Å². The highest BCUT2D eigenvalue weighted by molar-refractivity contribution is 7.91. The molecule has 1 fully saturated rings. The first-order chi connectivity index (χ1) is 9.28. The fraction of sp³-hybridized carbons (Fsp3) is 0.615. The SMILES string of the molecule is CC(C)n1cc(N)cc1C(=O)NCC1CCS(=O)(=O)C1. The van der Waals surface area contributed by atoms with E-state index in [4.69, 9.17) is 5.73 Å². The summed E-state index contributed by atoms with van der Waals surface area (Å²) in [5.74, 6) is 0.201. The van der Waals surface area contributed by atoms with Gasteiger partial charge in [-0.2, -0.15) is 0 Å². The molecule has 1 aromatic rings. The van der Waals surface area contributed by atoms with Crippen molar-refractivity contribution >= 4 is 21.4 Å². The van der Waals surface area contributed by atoms with Gasteiger partial charge in [0.15, 0.2) is 9.84 Å². The molecule has 1 atom stereocenters. The van der Waals surface area contributed by atoms with Gasteiger partial charge >= 0.3 is 0 Å². The van der Waals surface area contributed by atoms with Crippen molar-refractivity contribution in [2.75, 3.05) is 23.8 Å². The van der Waals surface area contributed by atoms with Crippen LogP contribution in [0.15, 0.2) is 12.3 Å². The number of hydrogen-bond acceptors (Lipinski definition) is 4. The lowest BCUT2D eigenvalue weighted by atomic mass is 10.1. The molecule has 0 aromatic carbocycles. The van der Waals surface area contributed by atoms with E-state index in [0.29, 0.717) is 24.3 Å². The monoisotopic (exact) mass is 299 g/mol. The molecule has 0 radical (unpaired) electrons. The Morgan fingerprint density at radius 1 is 1.55 bits per heavy atom. The predicted octanol–water partition coefficient (Wildman–Crippen LogP) is 0.816. The zero-order valence-electron chi connectivity index (χ0n) is 11.8. The largest absolute Gasteiger partial charge is 0.397 e. The van der Waals surface area contributed by atoms with Crippen LogP contribution in [0, 0.1) is 5.92 Å². The summed E-state index contributed by atoms with van der Waals surface area (Å²) >= 11 is 0. The Morgan fingerprint density at radius 3 is 2.80 bits per heavy atom. The van der Waals surface area contributed by atoms with Crippen LogP contribution >= 0.6 is 0 Å². The molecule has 6 nitrogen and oxygen atoms in total. The number of sulfone groups is 1. The maximum Gasteiger partial charge on any atom is 0.268 e. The van der Waals surface area contributed by atoms with Gasteiger partial charge in [0.25, 0.3) is 5.91 Å². The second-order valence-electron chi connectivity index (χ2n) is 5.64. The van der Waals surface area contributed by atoms with Gasteiger partial charge in [0.1, 0.15) is 5.69 Å². The van der Waals surface area contributed by atoms with E-state index >= 15 is 0 Å². The minimum Gasteiger partial charge on any atom is -0.397 e. The highest BCUT2D eigenvalue weighted by Gasteiger charge is 2.28. The number of anilines is 1. The number of rotatable bonds is 4. The van der Waals surface area contributed by atoms with E-state index < -0.39 is 9.84 Å². The van der Waals surface area contributed by atoms with Crippen molar-refractivity contribution in [2.45, 2.75) is 26.3 Å². The van der Waals surface area contributed by atoms with Crippen molar-refractivity contribution in [1.29, 1.82) is 0 Å². The third-order valence-corrected chi connectivity index (χ3v) is 5.37. The second-order valence-corrected chi connectivity index (χ2v) is 7.87. The number of carbonyl (C=O) groups is 1. The molecule has 2 heterocycles. The van der Waals surface area contributed by atoms with Crippen LogP contribution in [0.3, 0.4) is 0 Å². The average Bonchev–Trinajstić information content (AvgIpc) is 2.89. The molecule has 1 aliphatic rings. The molecule has 0 bridgehead atoms. The van der Waals surface area contributed by atoms with Crippen LogP contribution in [0.2, 0.25) is 0 Å². The van der Waals surface area contributed by atoms with Crippen LogP contribution in [0.1, 0.15) is 36.8 Å². The number of nitrogens with one attached hydrogen (secondary N) is 1. The van der Waals surface area contributed by atoms with Crippen LogP contribution in [-0.2, 0) is 9.84 Å². The minimum absolute atomic E-state index is 0.0174. The number of nitrogens with two attached hydrogens (primary N) is 1. The topological polar surface area (TPSA) is 94.2 Å². The van der Waals surface area contributed by atoms with E-state index in [0.717, 1.165) is 0 Å². The molecular weight excluding hydrogens is 278 g/mol. The molecule has 20 heavy (non-hydrogen) atoms. The first-order valence-corrected chi connectivity index (χ1v) is 8.56. The Hall–Kier alpha value is -1.50. The minimum atomic E-state index is -2.90. The van der Waals surface area contributed by atoms with Crippen molar-refractivity contribution in [3.63, 3.8) is 0 Å². The number of aromatic nitrogens is 1. The molecule has 1 saturated heterocycles. The summed E-state index contributed by atoms with van der Waals surface area (Å²) in [6.45, 7) is 4.33. The van der Waals surface area contributed by atoms with E-state index in [1.54, 1.807) is 12.3 Å². The Bertz CT molecular complexity index is 604. The van der Waals surface area contributed by atoms with E-state index in [1.165, 1.54) is 0 Å². The maximum atomic E-state index is 12.2. The van der Waals surface area contributed by atoms with Gasteiger partial charge in [-0.15, -0.1) is 0 Å². The Kier molecular flexibility index (Phi) is 4.08. The van der Waals surface area contributed by atoms with Gasteiger partial charge in [-0.3, -0.25) is 4.79 Å². The Balaban J connectivity index is 1.99. The molecule has 1 unspecified atom stereocenters. The highest BCUT2D eigenvalue weighted by atomic mass is 32.2. The Labute approximate surface area is 119 Å². The number of hydrogen-bond donors (Lipinski definition) is 2. The van der Waals surface area contributed by atoms with Crippen LogP contribution in [0.5, 0.6) is 0 Å². The average molecular weight is 299 g/mol. The molecule has 0 aliphatic carbocycles. The molecule has 2 rings (SSSR count). The summed E-state index contributed by atoms with van der Waals surface area (Å²) < 4.78 is 24.6. The quantitative estimate of drug-likeness (QED) is 0.860. The van der Waals surface area contributed by atoms with Gasteiger partial charge in [-0.25, -0.2) is 8.42 Å². The molecular formula is C13H21N3O3S. The molecule has 112 valence electrons. The van der Waals surface area contributed by atoms with Crippen LogP contribution in [0.25, 0.3) is 0 Å². The Morgan fingerprint density at radius 2 is 2.25 bits per heavy atom. The maximum absolute atomic E-state index is 12.2. The molecule has 7 heteroatoms. The standard InChI is InChI=1S/C13H21N3O3S/c1-9(2)16-7-11(14)5-12(16)13(17)15-6-10-3-4-20(18,19)8-10/h5,7,9-10H,3-4,6,8,14H2,1-2H3,(H,15,17). The molecule has 1 amide bonds. The number of amides is 1. The smallest absolute Gasteiger partial charge is 0.268 e. The summed E-state index contributed by atoms with van der Waals surface area (Å²) in [6.07, 6.45) is 2.36. The molecule has 1 aromatic heterocycles. The van der Waals surface area contributed by atoms with Crippen LogP contribution in [0.4, 0.5) is 5.69 Å². The van der Waals surface area contributed by atoms with E-state index in [9.17, 15) is 13.2 Å². The lowest BCUT2D eigenvalue weighted by Crippen LogP contribution is -2.31. The number of nitrogen functional groups attached to an aromatic ring is 1. The normalized spacial score (nSPS) is 21.2. The van der Waals surface area contributed by atoms with Gasteiger partial charge in [0.2, 0.25) is 0 Å².